The second-order valence-electron chi connectivity index (χ2n) is 2.87. The van der Waals surface area contributed by atoms with Gasteiger partial charge in [0.05, 0.1) is 25.7 Å². The summed E-state index contributed by atoms with van der Waals surface area (Å²) < 4.78 is 5.19. The predicted molar refractivity (Wildman–Crippen MR) is 47.9 cm³/mol. The van der Waals surface area contributed by atoms with Crippen molar-refractivity contribution < 1.29 is 4.74 Å². The molecule has 1 saturated heterocycles. The molecule has 13 heavy (non-hydrogen) atoms. The molecule has 1 aliphatic rings. The fourth-order valence-electron chi connectivity index (χ4n) is 1.37. The predicted octanol–water partition coefficient (Wildman–Crippen LogP) is -0.393. The first-order valence-corrected chi connectivity index (χ1v) is 4.23. The molecule has 0 bridgehead atoms. The van der Waals surface area contributed by atoms with Crippen LogP contribution >= 0.6 is 0 Å². The first-order chi connectivity index (χ1) is 6.38. The number of aromatic amines is 1. The van der Waals surface area contributed by atoms with Crippen LogP contribution in [-0.4, -0.2) is 36.3 Å². The van der Waals surface area contributed by atoms with E-state index in [1.165, 1.54) is 6.33 Å². The SMILES string of the molecule is O=c1[nH]cncc1N1CCOCC1. The van der Waals surface area contributed by atoms with Crippen molar-refractivity contribution in [1.82, 2.24) is 9.97 Å². The number of hydrogen-bond acceptors (Lipinski definition) is 4. The van der Waals surface area contributed by atoms with E-state index in [2.05, 4.69) is 9.97 Å². The minimum absolute atomic E-state index is 0.0862. The molecule has 70 valence electrons. The molecule has 1 N–H and O–H groups in total. The van der Waals surface area contributed by atoms with Crippen LogP contribution in [0.4, 0.5) is 5.69 Å². The summed E-state index contributed by atoms with van der Waals surface area (Å²) in [5.41, 5.74) is 0.544. The van der Waals surface area contributed by atoms with E-state index in [0.29, 0.717) is 18.9 Å². The number of ether oxygens (including phenoxy) is 1. The monoisotopic (exact) mass is 181 g/mol. The summed E-state index contributed by atoms with van der Waals surface area (Å²) >= 11 is 0. The minimum atomic E-state index is -0.0862. The van der Waals surface area contributed by atoms with Crippen molar-refractivity contribution in [2.75, 3.05) is 31.2 Å². The summed E-state index contributed by atoms with van der Waals surface area (Å²) in [6.45, 7) is 2.87. The number of hydrogen-bond donors (Lipinski definition) is 1. The summed E-state index contributed by atoms with van der Waals surface area (Å²) in [6.07, 6.45) is 2.98. The summed E-state index contributed by atoms with van der Waals surface area (Å²) in [4.78, 5) is 19.8. The Morgan fingerprint density at radius 1 is 1.46 bits per heavy atom. The first kappa shape index (κ1) is 8.25. The molecule has 1 fully saturated rings. The van der Waals surface area contributed by atoms with Crippen molar-refractivity contribution in [3.63, 3.8) is 0 Å². The van der Waals surface area contributed by atoms with Crippen LogP contribution in [0.15, 0.2) is 17.3 Å². The van der Waals surface area contributed by atoms with E-state index in [4.69, 9.17) is 4.74 Å². The smallest absolute Gasteiger partial charge is 0.274 e. The Morgan fingerprint density at radius 3 is 2.92 bits per heavy atom. The van der Waals surface area contributed by atoms with E-state index in [1.807, 2.05) is 4.90 Å². The van der Waals surface area contributed by atoms with Gasteiger partial charge in [0.1, 0.15) is 5.69 Å². The summed E-state index contributed by atoms with van der Waals surface area (Å²) in [6, 6.07) is 0. The third kappa shape index (κ3) is 1.70. The summed E-state index contributed by atoms with van der Waals surface area (Å²) in [7, 11) is 0. The third-order valence-corrected chi connectivity index (χ3v) is 2.05. The van der Waals surface area contributed by atoms with Crippen LogP contribution in [0.2, 0.25) is 0 Å². The molecule has 0 saturated carbocycles. The maximum atomic E-state index is 11.3. The van der Waals surface area contributed by atoms with Crippen LogP contribution in [0.3, 0.4) is 0 Å². The molecule has 0 atom stereocenters. The van der Waals surface area contributed by atoms with Crippen LogP contribution in [0.25, 0.3) is 0 Å². The molecule has 5 nitrogen and oxygen atoms in total. The van der Waals surface area contributed by atoms with Crippen molar-refractivity contribution in [3.05, 3.63) is 22.9 Å². The number of anilines is 1. The number of nitrogens with one attached hydrogen (secondary N) is 1. The molecule has 0 amide bonds. The Bertz CT molecular complexity index is 330. The van der Waals surface area contributed by atoms with Gasteiger partial charge in [-0.2, -0.15) is 0 Å². The fraction of sp³-hybridized carbons (Fsp3) is 0.500. The lowest BCUT2D eigenvalue weighted by atomic mass is 10.3. The van der Waals surface area contributed by atoms with Crippen LogP contribution in [0.1, 0.15) is 0 Å². The van der Waals surface area contributed by atoms with Crippen LogP contribution in [0, 0.1) is 0 Å². The van der Waals surface area contributed by atoms with Gasteiger partial charge < -0.3 is 14.6 Å². The Balaban J connectivity index is 2.24. The van der Waals surface area contributed by atoms with Gasteiger partial charge in [-0.3, -0.25) is 4.79 Å². The fourth-order valence-corrected chi connectivity index (χ4v) is 1.37. The van der Waals surface area contributed by atoms with Crippen LogP contribution in [-0.2, 0) is 4.74 Å². The molecule has 0 radical (unpaired) electrons. The van der Waals surface area contributed by atoms with Gasteiger partial charge in [-0.05, 0) is 0 Å². The molecule has 0 aromatic carbocycles. The molecule has 0 spiro atoms. The highest BCUT2D eigenvalue weighted by Crippen LogP contribution is 2.06. The standard InChI is InChI=1S/C8H11N3O2/c12-8-7(5-9-6-10-8)11-1-3-13-4-2-11/h5-6H,1-4H2,(H,9,10,12). The van der Waals surface area contributed by atoms with Gasteiger partial charge in [-0.25, -0.2) is 4.98 Å². The largest absolute Gasteiger partial charge is 0.378 e. The average molecular weight is 181 g/mol. The summed E-state index contributed by atoms with van der Waals surface area (Å²) in [5, 5.41) is 0. The molecule has 2 rings (SSSR count). The Hall–Kier alpha value is -1.36. The third-order valence-electron chi connectivity index (χ3n) is 2.05. The van der Waals surface area contributed by atoms with Gasteiger partial charge in [0.25, 0.3) is 5.56 Å². The normalized spacial score (nSPS) is 17.4. The molecule has 2 heterocycles. The van der Waals surface area contributed by atoms with E-state index in [1.54, 1.807) is 6.20 Å². The highest BCUT2D eigenvalue weighted by molar-refractivity contribution is 5.41. The van der Waals surface area contributed by atoms with Gasteiger partial charge in [-0.1, -0.05) is 0 Å². The van der Waals surface area contributed by atoms with Crippen LogP contribution in [0.5, 0.6) is 0 Å². The van der Waals surface area contributed by atoms with Crippen molar-refractivity contribution in [1.29, 1.82) is 0 Å². The van der Waals surface area contributed by atoms with E-state index < -0.39 is 0 Å². The van der Waals surface area contributed by atoms with E-state index in [9.17, 15) is 4.79 Å². The molecule has 5 heteroatoms. The lowest BCUT2D eigenvalue weighted by Crippen LogP contribution is -2.39. The van der Waals surface area contributed by atoms with Crippen molar-refractivity contribution >= 4 is 5.69 Å². The molecular formula is C8H11N3O2. The zero-order chi connectivity index (χ0) is 9.10. The Labute approximate surface area is 75.4 Å². The van der Waals surface area contributed by atoms with E-state index in [-0.39, 0.29) is 5.56 Å². The minimum Gasteiger partial charge on any atom is -0.378 e. The van der Waals surface area contributed by atoms with Crippen LogP contribution < -0.4 is 10.5 Å². The molecule has 0 unspecified atom stereocenters. The number of nitrogens with zero attached hydrogens (tertiary/aromatic N) is 2. The number of H-pyrrole nitrogens is 1. The maximum Gasteiger partial charge on any atom is 0.274 e. The lowest BCUT2D eigenvalue weighted by molar-refractivity contribution is 0.122. The quantitative estimate of drug-likeness (QED) is 0.640. The van der Waals surface area contributed by atoms with Crippen molar-refractivity contribution in [3.8, 4) is 0 Å². The molecule has 1 aromatic heterocycles. The number of morpholine rings is 1. The van der Waals surface area contributed by atoms with E-state index in [0.717, 1.165) is 13.1 Å². The van der Waals surface area contributed by atoms with Gasteiger partial charge in [-0.15, -0.1) is 0 Å². The maximum absolute atomic E-state index is 11.3. The molecular weight excluding hydrogens is 170 g/mol. The molecule has 1 aromatic rings. The van der Waals surface area contributed by atoms with E-state index >= 15 is 0 Å². The second-order valence-corrected chi connectivity index (χ2v) is 2.87. The zero-order valence-corrected chi connectivity index (χ0v) is 7.19. The van der Waals surface area contributed by atoms with Gasteiger partial charge in [0, 0.05) is 13.1 Å². The topological polar surface area (TPSA) is 58.2 Å². The highest BCUT2D eigenvalue weighted by Gasteiger charge is 2.13. The zero-order valence-electron chi connectivity index (χ0n) is 7.19. The molecule has 1 aliphatic heterocycles. The molecule has 0 aliphatic carbocycles. The lowest BCUT2D eigenvalue weighted by Gasteiger charge is -2.27. The van der Waals surface area contributed by atoms with Crippen molar-refractivity contribution in [2.45, 2.75) is 0 Å². The number of rotatable bonds is 1. The van der Waals surface area contributed by atoms with Gasteiger partial charge in [0.15, 0.2) is 0 Å². The van der Waals surface area contributed by atoms with Gasteiger partial charge in [0.2, 0.25) is 0 Å². The summed E-state index contributed by atoms with van der Waals surface area (Å²) in [5.74, 6) is 0. The van der Waals surface area contributed by atoms with Crippen molar-refractivity contribution in [2.24, 2.45) is 0 Å². The van der Waals surface area contributed by atoms with Gasteiger partial charge >= 0.3 is 0 Å². The average Bonchev–Trinajstić information content (AvgIpc) is 2.20. The highest BCUT2D eigenvalue weighted by atomic mass is 16.5. The Kier molecular flexibility index (Phi) is 2.27. The first-order valence-electron chi connectivity index (χ1n) is 4.23. The Morgan fingerprint density at radius 2 is 2.23 bits per heavy atom. The number of aromatic nitrogens is 2. The second kappa shape index (κ2) is 3.57.